The minimum atomic E-state index is 0.0247. The van der Waals surface area contributed by atoms with E-state index in [0.29, 0.717) is 19.5 Å². The molecule has 13 heavy (non-hydrogen) atoms. The number of nitrogens with two attached hydrogens (primary N) is 1. The van der Waals surface area contributed by atoms with Crippen LogP contribution in [-0.4, -0.2) is 23.6 Å². The molecular weight excluding hydrogens is 166 g/mol. The second-order valence-electron chi connectivity index (χ2n) is 3.00. The molecule has 0 bridgehead atoms. The van der Waals surface area contributed by atoms with Gasteiger partial charge in [-0.25, -0.2) is 0 Å². The molecule has 0 atom stereocenters. The van der Waals surface area contributed by atoms with Crippen molar-refractivity contribution in [2.24, 2.45) is 12.8 Å². The van der Waals surface area contributed by atoms with Crippen molar-refractivity contribution in [1.82, 2.24) is 9.88 Å². The molecular formula is C9H15N3O. The molecule has 0 fully saturated rings. The van der Waals surface area contributed by atoms with E-state index in [0.717, 1.165) is 5.56 Å². The monoisotopic (exact) mass is 181 g/mol. The minimum absolute atomic E-state index is 0.0247. The van der Waals surface area contributed by atoms with E-state index >= 15 is 0 Å². The van der Waals surface area contributed by atoms with Gasteiger partial charge in [0.25, 0.3) is 0 Å². The Labute approximate surface area is 77.7 Å². The van der Waals surface area contributed by atoms with Crippen LogP contribution in [0.25, 0.3) is 0 Å². The molecule has 3 N–H and O–H groups in total. The maximum Gasteiger partial charge on any atom is 0.224 e. The zero-order chi connectivity index (χ0) is 9.68. The van der Waals surface area contributed by atoms with Gasteiger partial charge in [-0.2, -0.15) is 0 Å². The van der Waals surface area contributed by atoms with Gasteiger partial charge in [0.2, 0.25) is 5.91 Å². The third-order valence-electron chi connectivity index (χ3n) is 1.72. The van der Waals surface area contributed by atoms with Gasteiger partial charge in [0.1, 0.15) is 0 Å². The molecule has 72 valence electrons. The highest BCUT2D eigenvalue weighted by molar-refractivity contribution is 5.78. The van der Waals surface area contributed by atoms with E-state index in [2.05, 4.69) is 5.32 Å². The lowest BCUT2D eigenvalue weighted by Gasteiger charge is -2.00. The SMILES string of the molecule is Cn1ccc(CC(=O)NCCN)c1. The summed E-state index contributed by atoms with van der Waals surface area (Å²) in [4.78, 5) is 11.2. The summed E-state index contributed by atoms with van der Waals surface area (Å²) >= 11 is 0. The zero-order valence-corrected chi connectivity index (χ0v) is 7.79. The Bertz CT molecular complexity index is 280. The standard InChI is InChI=1S/C9H15N3O/c1-12-5-2-8(7-12)6-9(13)11-4-3-10/h2,5,7H,3-4,6,10H2,1H3,(H,11,13). The van der Waals surface area contributed by atoms with Crippen LogP contribution in [0.3, 0.4) is 0 Å². The van der Waals surface area contributed by atoms with Crippen molar-refractivity contribution in [2.75, 3.05) is 13.1 Å². The number of aryl methyl sites for hydroxylation is 1. The molecule has 0 aliphatic heterocycles. The van der Waals surface area contributed by atoms with Gasteiger partial charge in [0, 0.05) is 32.5 Å². The van der Waals surface area contributed by atoms with Gasteiger partial charge < -0.3 is 15.6 Å². The smallest absolute Gasteiger partial charge is 0.224 e. The fraction of sp³-hybridized carbons (Fsp3) is 0.444. The van der Waals surface area contributed by atoms with E-state index in [9.17, 15) is 4.79 Å². The summed E-state index contributed by atoms with van der Waals surface area (Å²) < 4.78 is 1.92. The number of rotatable bonds is 4. The number of hydrogen-bond acceptors (Lipinski definition) is 2. The number of hydrogen-bond donors (Lipinski definition) is 2. The van der Waals surface area contributed by atoms with Crippen LogP contribution in [0.4, 0.5) is 0 Å². The van der Waals surface area contributed by atoms with Crippen LogP contribution in [0.15, 0.2) is 18.5 Å². The van der Waals surface area contributed by atoms with Gasteiger partial charge in [0.15, 0.2) is 0 Å². The molecule has 1 rings (SSSR count). The highest BCUT2D eigenvalue weighted by Gasteiger charge is 2.02. The van der Waals surface area contributed by atoms with E-state index in [1.165, 1.54) is 0 Å². The summed E-state index contributed by atoms with van der Waals surface area (Å²) in [5.41, 5.74) is 6.28. The number of carbonyl (C=O) groups excluding carboxylic acids is 1. The number of aromatic nitrogens is 1. The fourth-order valence-corrected chi connectivity index (χ4v) is 1.12. The quantitative estimate of drug-likeness (QED) is 0.666. The van der Waals surface area contributed by atoms with Crippen molar-refractivity contribution in [3.05, 3.63) is 24.0 Å². The van der Waals surface area contributed by atoms with Gasteiger partial charge in [-0.3, -0.25) is 4.79 Å². The number of carbonyl (C=O) groups is 1. The van der Waals surface area contributed by atoms with Gasteiger partial charge in [0.05, 0.1) is 6.42 Å². The highest BCUT2D eigenvalue weighted by Crippen LogP contribution is 1.99. The van der Waals surface area contributed by atoms with Crippen molar-refractivity contribution in [1.29, 1.82) is 0 Å². The Balaban J connectivity index is 2.36. The van der Waals surface area contributed by atoms with Crippen molar-refractivity contribution in [3.63, 3.8) is 0 Å². The Kier molecular flexibility index (Phi) is 3.52. The fourth-order valence-electron chi connectivity index (χ4n) is 1.12. The molecule has 1 amide bonds. The van der Waals surface area contributed by atoms with Gasteiger partial charge in [-0.15, -0.1) is 0 Å². The highest BCUT2D eigenvalue weighted by atomic mass is 16.1. The Morgan fingerprint density at radius 2 is 2.46 bits per heavy atom. The largest absolute Gasteiger partial charge is 0.357 e. The lowest BCUT2D eigenvalue weighted by atomic mass is 10.2. The lowest BCUT2D eigenvalue weighted by molar-refractivity contribution is -0.120. The third kappa shape index (κ3) is 3.29. The van der Waals surface area contributed by atoms with Crippen molar-refractivity contribution in [2.45, 2.75) is 6.42 Å². The molecule has 0 aromatic carbocycles. The van der Waals surface area contributed by atoms with Gasteiger partial charge >= 0.3 is 0 Å². The zero-order valence-electron chi connectivity index (χ0n) is 7.79. The normalized spacial score (nSPS) is 10.0. The average Bonchev–Trinajstić information content (AvgIpc) is 2.48. The molecule has 0 saturated carbocycles. The van der Waals surface area contributed by atoms with E-state index in [1.54, 1.807) is 0 Å². The predicted molar refractivity (Wildman–Crippen MR) is 51.2 cm³/mol. The first-order valence-corrected chi connectivity index (χ1v) is 4.30. The maximum absolute atomic E-state index is 11.2. The van der Waals surface area contributed by atoms with Crippen molar-refractivity contribution in [3.8, 4) is 0 Å². The van der Waals surface area contributed by atoms with E-state index < -0.39 is 0 Å². The van der Waals surface area contributed by atoms with Crippen LogP contribution < -0.4 is 11.1 Å². The molecule has 1 aromatic heterocycles. The maximum atomic E-state index is 11.2. The van der Waals surface area contributed by atoms with Crippen LogP contribution in [0, 0.1) is 0 Å². The summed E-state index contributed by atoms with van der Waals surface area (Å²) in [7, 11) is 1.93. The first kappa shape index (κ1) is 9.80. The molecule has 0 saturated heterocycles. The topological polar surface area (TPSA) is 60.0 Å². The summed E-state index contributed by atoms with van der Waals surface area (Å²) in [6.07, 6.45) is 4.29. The van der Waals surface area contributed by atoms with Crippen LogP contribution in [0.1, 0.15) is 5.56 Å². The molecule has 0 spiro atoms. The average molecular weight is 181 g/mol. The van der Waals surface area contributed by atoms with E-state index in [1.807, 2.05) is 30.1 Å². The lowest BCUT2D eigenvalue weighted by Crippen LogP contribution is -2.30. The molecule has 0 unspecified atom stereocenters. The number of amides is 1. The Morgan fingerprint density at radius 1 is 1.69 bits per heavy atom. The van der Waals surface area contributed by atoms with Crippen molar-refractivity contribution < 1.29 is 4.79 Å². The first-order valence-electron chi connectivity index (χ1n) is 4.30. The van der Waals surface area contributed by atoms with Crippen LogP contribution in [0.2, 0.25) is 0 Å². The number of nitrogens with one attached hydrogen (secondary N) is 1. The molecule has 4 heteroatoms. The Hall–Kier alpha value is -1.29. The minimum Gasteiger partial charge on any atom is -0.357 e. The van der Waals surface area contributed by atoms with Gasteiger partial charge in [-0.05, 0) is 11.6 Å². The molecule has 0 aliphatic carbocycles. The molecule has 4 nitrogen and oxygen atoms in total. The van der Waals surface area contributed by atoms with Crippen molar-refractivity contribution >= 4 is 5.91 Å². The first-order chi connectivity index (χ1) is 6.22. The molecule has 1 aromatic rings. The van der Waals surface area contributed by atoms with E-state index in [4.69, 9.17) is 5.73 Å². The molecule has 0 radical (unpaired) electrons. The van der Waals surface area contributed by atoms with Crippen LogP contribution in [-0.2, 0) is 18.3 Å². The summed E-state index contributed by atoms with van der Waals surface area (Å²) in [6.45, 7) is 1.03. The Morgan fingerprint density at radius 3 is 3.00 bits per heavy atom. The third-order valence-corrected chi connectivity index (χ3v) is 1.72. The second kappa shape index (κ2) is 4.67. The summed E-state index contributed by atoms with van der Waals surface area (Å²) in [5.74, 6) is 0.0247. The summed E-state index contributed by atoms with van der Waals surface area (Å²) in [5, 5.41) is 2.72. The number of nitrogens with zero attached hydrogens (tertiary/aromatic N) is 1. The van der Waals surface area contributed by atoms with E-state index in [-0.39, 0.29) is 5.91 Å². The predicted octanol–water partition coefficient (Wildman–Crippen LogP) is -0.357. The second-order valence-corrected chi connectivity index (χ2v) is 3.00. The summed E-state index contributed by atoms with van der Waals surface area (Å²) in [6, 6.07) is 1.93. The molecule has 0 aliphatic rings. The van der Waals surface area contributed by atoms with Gasteiger partial charge in [-0.1, -0.05) is 0 Å². The van der Waals surface area contributed by atoms with Crippen LogP contribution in [0.5, 0.6) is 0 Å². The van der Waals surface area contributed by atoms with Crippen LogP contribution >= 0.6 is 0 Å². The molecule has 1 heterocycles.